The van der Waals surface area contributed by atoms with Gasteiger partial charge in [-0.25, -0.2) is 0 Å². The van der Waals surface area contributed by atoms with Gasteiger partial charge in [0.2, 0.25) is 17.7 Å². The molecule has 0 aromatic heterocycles. The first kappa shape index (κ1) is 36.2. The first-order valence-electron chi connectivity index (χ1n) is 15.4. The average molecular weight is 634 g/mol. The van der Waals surface area contributed by atoms with Gasteiger partial charge in [-0.2, -0.15) is 11.8 Å². The monoisotopic (exact) mass is 633 g/mol. The number of hydrogen-bond donors (Lipinski definition) is 4. The highest BCUT2D eigenvalue weighted by Gasteiger charge is 2.24. The predicted octanol–water partition coefficient (Wildman–Crippen LogP) is 4.01. The molecule has 2 saturated heterocycles. The zero-order chi connectivity index (χ0) is 29.5. The second-order valence-corrected chi connectivity index (χ2v) is 14.9. The highest BCUT2D eigenvalue weighted by Crippen LogP contribution is 2.39. The Balaban J connectivity index is 1.67. The minimum atomic E-state index is -0.884. The Hall–Kier alpha value is -0.950. The van der Waals surface area contributed by atoms with Crippen LogP contribution in [0.5, 0.6) is 0 Å². The largest absolute Gasteiger partial charge is 0.396 e. The van der Waals surface area contributed by atoms with Crippen LogP contribution >= 0.6 is 33.3 Å². The highest BCUT2D eigenvalue weighted by molar-refractivity contribution is 8.77. The Morgan fingerprint density at radius 2 is 1.54 bits per heavy atom. The molecule has 2 aliphatic rings. The van der Waals surface area contributed by atoms with Crippen molar-refractivity contribution in [3.63, 3.8) is 0 Å². The third kappa shape index (κ3) is 18.3. The average Bonchev–Trinajstić information content (AvgIpc) is 3.68. The van der Waals surface area contributed by atoms with Gasteiger partial charge in [-0.3, -0.25) is 19.2 Å². The minimum Gasteiger partial charge on any atom is -0.396 e. The van der Waals surface area contributed by atoms with Crippen molar-refractivity contribution in [1.29, 1.82) is 0 Å². The van der Waals surface area contributed by atoms with E-state index in [9.17, 15) is 19.2 Å². The molecule has 2 heterocycles. The number of amides is 3. The molecule has 236 valence electrons. The summed E-state index contributed by atoms with van der Waals surface area (Å²) in [6.45, 7) is 1.48. The number of aliphatic hydroxyl groups is 1. The van der Waals surface area contributed by atoms with Crippen molar-refractivity contribution in [2.24, 2.45) is 0 Å². The second-order valence-electron chi connectivity index (χ2n) is 10.7. The van der Waals surface area contributed by atoms with Crippen molar-refractivity contribution < 1.29 is 29.0 Å². The molecule has 0 spiro atoms. The molecule has 0 radical (unpaired) electrons. The van der Waals surface area contributed by atoms with Gasteiger partial charge in [-0.05, 0) is 63.5 Å². The molecule has 41 heavy (non-hydrogen) atoms. The van der Waals surface area contributed by atoms with Gasteiger partial charge in [0.05, 0.1) is 19.1 Å². The van der Waals surface area contributed by atoms with Gasteiger partial charge in [0, 0.05) is 61.8 Å². The maximum atomic E-state index is 13.0. The zero-order valence-corrected chi connectivity index (χ0v) is 27.0. The summed E-state index contributed by atoms with van der Waals surface area (Å²) in [6, 6.07) is -0.884. The van der Waals surface area contributed by atoms with Crippen LogP contribution in [0.3, 0.4) is 0 Å². The van der Waals surface area contributed by atoms with Crippen LogP contribution in [0.4, 0.5) is 0 Å². The van der Waals surface area contributed by atoms with E-state index in [1.807, 2.05) is 33.3 Å². The SMILES string of the molecule is O=C(CCCCC1CCSS1)NCCCC(=O)[C@H](CC(=O)NCCOCCCO)NC(=O)CCCCC1CCCS1. The normalized spacial score (nSPS) is 19.1. The lowest BCUT2D eigenvalue weighted by Gasteiger charge is -2.18. The molecule has 0 aromatic carbocycles. The number of Topliss-reactive ketones (excluding diaryl/α,β-unsaturated/α-hetero) is 1. The number of ketones is 1. The molecule has 0 aromatic rings. The molecule has 3 amide bonds. The minimum absolute atomic E-state index is 0.00680. The molecule has 12 heteroatoms. The Morgan fingerprint density at radius 3 is 2.24 bits per heavy atom. The highest BCUT2D eigenvalue weighted by atomic mass is 33.1. The van der Waals surface area contributed by atoms with Gasteiger partial charge in [-0.15, -0.1) is 0 Å². The molecular weight excluding hydrogens is 583 g/mol. The topological polar surface area (TPSA) is 134 Å². The number of rotatable bonds is 24. The third-order valence-electron chi connectivity index (χ3n) is 7.16. The van der Waals surface area contributed by atoms with Gasteiger partial charge in [0.25, 0.3) is 0 Å². The maximum Gasteiger partial charge on any atom is 0.222 e. The first-order valence-corrected chi connectivity index (χ1v) is 18.8. The van der Waals surface area contributed by atoms with Crippen molar-refractivity contribution in [1.82, 2.24) is 16.0 Å². The van der Waals surface area contributed by atoms with Crippen LogP contribution in [0.1, 0.15) is 96.3 Å². The number of hydrogen-bond acceptors (Lipinski definition) is 9. The number of ether oxygens (including phenoxy) is 1. The molecule has 2 aliphatic heterocycles. The van der Waals surface area contributed by atoms with E-state index >= 15 is 0 Å². The van der Waals surface area contributed by atoms with E-state index in [4.69, 9.17) is 9.84 Å². The number of thioether (sulfide) groups is 1. The van der Waals surface area contributed by atoms with E-state index < -0.39 is 6.04 Å². The predicted molar refractivity (Wildman–Crippen MR) is 170 cm³/mol. The lowest BCUT2D eigenvalue weighted by Crippen LogP contribution is -2.44. The summed E-state index contributed by atoms with van der Waals surface area (Å²) < 4.78 is 5.32. The maximum absolute atomic E-state index is 13.0. The first-order chi connectivity index (χ1) is 20.0. The third-order valence-corrected chi connectivity index (χ3v) is 11.6. The summed E-state index contributed by atoms with van der Waals surface area (Å²) >= 11 is 2.02. The Bertz CT molecular complexity index is 764. The fraction of sp³-hybridized carbons (Fsp3) is 0.862. The van der Waals surface area contributed by atoms with Crippen molar-refractivity contribution in [3.8, 4) is 0 Å². The summed E-state index contributed by atoms with van der Waals surface area (Å²) in [4.78, 5) is 50.3. The lowest BCUT2D eigenvalue weighted by molar-refractivity contribution is -0.130. The van der Waals surface area contributed by atoms with Crippen LogP contribution in [0.15, 0.2) is 0 Å². The van der Waals surface area contributed by atoms with Crippen LogP contribution in [-0.2, 0) is 23.9 Å². The summed E-state index contributed by atoms with van der Waals surface area (Å²) in [5, 5.41) is 18.7. The van der Waals surface area contributed by atoms with Gasteiger partial charge in [-0.1, -0.05) is 34.4 Å². The van der Waals surface area contributed by atoms with E-state index in [1.165, 1.54) is 30.8 Å². The van der Waals surface area contributed by atoms with Gasteiger partial charge in [0.1, 0.15) is 0 Å². The Labute approximate surface area is 258 Å². The molecule has 2 unspecified atom stereocenters. The van der Waals surface area contributed by atoms with Crippen molar-refractivity contribution >= 4 is 56.9 Å². The summed E-state index contributed by atoms with van der Waals surface area (Å²) in [5.41, 5.74) is 0. The van der Waals surface area contributed by atoms with Crippen LogP contribution < -0.4 is 16.0 Å². The number of nitrogens with one attached hydrogen (secondary N) is 3. The van der Waals surface area contributed by atoms with Crippen LogP contribution in [0.25, 0.3) is 0 Å². The van der Waals surface area contributed by atoms with Gasteiger partial charge < -0.3 is 25.8 Å². The fourth-order valence-electron chi connectivity index (χ4n) is 4.81. The molecule has 0 bridgehead atoms. The lowest BCUT2D eigenvalue weighted by atomic mass is 10.0. The van der Waals surface area contributed by atoms with Crippen molar-refractivity contribution in [2.45, 2.75) is 113 Å². The molecule has 2 rings (SSSR count). The summed E-state index contributed by atoms with van der Waals surface area (Å²) in [5.74, 6) is 1.74. The van der Waals surface area contributed by atoms with E-state index in [0.717, 1.165) is 43.8 Å². The van der Waals surface area contributed by atoms with Crippen LogP contribution in [0.2, 0.25) is 0 Å². The number of carbonyl (C=O) groups is 4. The van der Waals surface area contributed by atoms with Gasteiger partial charge in [0.15, 0.2) is 5.78 Å². The molecule has 2 fully saturated rings. The molecule has 4 N–H and O–H groups in total. The van der Waals surface area contributed by atoms with Crippen LogP contribution in [-0.4, -0.2) is 89.6 Å². The quantitative estimate of drug-likeness (QED) is 0.0919. The van der Waals surface area contributed by atoms with Crippen molar-refractivity contribution in [3.05, 3.63) is 0 Å². The van der Waals surface area contributed by atoms with Gasteiger partial charge >= 0.3 is 0 Å². The number of carbonyl (C=O) groups excluding carboxylic acids is 4. The number of aliphatic hydroxyl groups excluding tert-OH is 1. The van der Waals surface area contributed by atoms with E-state index in [0.29, 0.717) is 57.2 Å². The summed E-state index contributed by atoms with van der Waals surface area (Å²) in [6.07, 6.45) is 11.7. The Morgan fingerprint density at radius 1 is 0.780 bits per heavy atom. The molecule has 0 saturated carbocycles. The van der Waals surface area contributed by atoms with E-state index in [-0.39, 0.29) is 43.0 Å². The molecule has 9 nitrogen and oxygen atoms in total. The summed E-state index contributed by atoms with van der Waals surface area (Å²) in [7, 11) is 3.90. The molecular formula is C29H51N3O6S3. The fourth-order valence-corrected chi connectivity index (χ4v) is 9.17. The number of unbranched alkanes of at least 4 members (excludes halogenated alkanes) is 2. The smallest absolute Gasteiger partial charge is 0.222 e. The van der Waals surface area contributed by atoms with Crippen LogP contribution in [0, 0.1) is 0 Å². The van der Waals surface area contributed by atoms with E-state index in [2.05, 4.69) is 16.0 Å². The standard InChI is InChI=1S/C29H51N3O6S3/c33-17-7-18-38-19-16-31-29(37)22-25(32-28(36)13-4-1-8-23-10-6-20-39-23)26(34)11-5-15-30-27(35)12-3-2-9-24-14-21-40-41-24/h23-25,33H,1-22H2,(H,30,35)(H,31,37)(H,32,36)/t23?,24?,25-/m0/s1. The Kier molecular flexibility index (Phi) is 20.8. The van der Waals surface area contributed by atoms with E-state index in [1.54, 1.807) is 0 Å². The molecule has 0 aliphatic carbocycles. The van der Waals surface area contributed by atoms with Crippen molar-refractivity contribution in [2.75, 3.05) is 44.4 Å². The zero-order valence-electron chi connectivity index (χ0n) is 24.5. The molecule has 3 atom stereocenters. The second kappa shape index (κ2) is 23.5.